The lowest BCUT2D eigenvalue weighted by atomic mass is 9.89. The summed E-state index contributed by atoms with van der Waals surface area (Å²) in [4.78, 5) is 0. The third-order valence-electron chi connectivity index (χ3n) is 3.55. The molecule has 0 bridgehead atoms. The first-order valence-electron chi connectivity index (χ1n) is 6.84. The molecular weight excluding hydrogens is 186 g/mol. The van der Waals surface area contributed by atoms with E-state index in [1.54, 1.807) is 0 Å². The minimum atomic E-state index is 0.526. The van der Waals surface area contributed by atoms with Gasteiger partial charge < -0.3 is 10.3 Å². The van der Waals surface area contributed by atoms with Crippen LogP contribution < -0.4 is 5.06 Å². The van der Waals surface area contributed by atoms with Crippen LogP contribution in [0.3, 0.4) is 0 Å². The standard InChI is InChI=1S/C13H27NO/c1-2-3-4-8-11-14(15)12-13-9-6-5-7-10-13/h13-14H,2-12H2,1H3. The van der Waals surface area contributed by atoms with Crippen LogP contribution >= 0.6 is 0 Å². The molecule has 0 aromatic carbocycles. The number of quaternary nitrogens is 1. The Kier molecular flexibility index (Phi) is 7.03. The van der Waals surface area contributed by atoms with Crippen molar-refractivity contribution in [2.24, 2.45) is 5.92 Å². The molecule has 1 unspecified atom stereocenters. The van der Waals surface area contributed by atoms with Gasteiger partial charge in [-0.1, -0.05) is 39.0 Å². The second-order valence-electron chi connectivity index (χ2n) is 5.06. The topological polar surface area (TPSA) is 27.5 Å². The summed E-state index contributed by atoms with van der Waals surface area (Å²) in [6.45, 7) is 3.94. The molecule has 90 valence electrons. The van der Waals surface area contributed by atoms with Crippen LogP contribution in [0.15, 0.2) is 0 Å². The average molecular weight is 213 g/mol. The van der Waals surface area contributed by atoms with Crippen LogP contribution in [-0.4, -0.2) is 13.1 Å². The van der Waals surface area contributed by atoms with Crippen LogP contribution in [0, 0.1) is 11.1 Å². The quantitative estimate of drug-likeness (QED) is 0.511. The molecule has 2 heteroatoms. The highest BCUT2D eigenvalue weighted by molar-refractivity contribution is 4.64. The van der Waals surface area contributed by atoms with Gasteiger partial charge in [0, 0.05) is 5.92 Å². The summed E-state index contributed by atoms with van der Waals surface area (Å²) >= 11 is 0. The molecule has 1 rings (SSSR count). The molecule has 0 aromatic rings. The van der Waals surface area contributed by atoms with Crippen molar-refractivity contribution in [3.63, 3.8) is 0 Å². The van der Waals surface area contributed by atoms with E-state index in [1.165, 1.54) is 51.4 Å². The van der Waals surface area contributed by atoms with Crippen molar-refractivity contribution in [2.75, 3.05) is 13.1 Å². The molecule has 0 aromatic heterocycles. The van der Waals surface area contributed by atoms with Crippen LogP contribution in [0.2, 0.25) is 0 Å². The number of hydrogen-bond donors (Lipinski definition) is 1. The van der Waals surface area contributed by atoms with E-state index in [0.717, 1.165) is 25.4 Å². The first-order chi connectivity index (χ1) is 7.33. The number of unbranched alkanes of at least 4 members (excludes halogenated alkanes) is 3. The van der Waals surface area contributed by atoms with E-state index >= 15 is 0 Å². The summed E-state index contributed by atoms with van der Waals surface area (Å²) in [5.74, 6) is 0.734. The van der Waals surface area contributed by atoms with Crippen LogP contribution in [0.25, 0.3) is 0 Å². The highest BCUT2D eigenvalue weighted by Crippen LogP contribution is 2.21. The average Bonchev–Trinajstić information content (AvgIpc) is 2.26. The summed E-state index contributed by atoms with van der Waals surface area (Å²) in [5, 5.41) is 12.2. The monoisotopic (exact) mass is 213 g/mol. The predicted molar refractivity (Wildman–Crippen MR) is 64.8 cm³/mol. The summed E-state index contributed by atoms with van der Waals surface area (Å²) in [5.41, 5.74) is 0. The van der Waals surface area contributed by atoms with Gasteiger partial charge in [-0.15, -0.1) is 0 Å². The maximum Gasteiger partial charge on any atom is 0.0796 e. The van der Waals surface area contributed by atoms with Crippen molar-refractivity contribution < 1.29 is 5.06 Å². The zero-order valence-corrected chi connectivity index (χ0v) is 10.3. The molecule has 1 atom stereocenters. The Hall–Kier alpha value is -0.0800. The highest BCUT2D eigenvalue weighted by atomic mass is 16.5. The van der Waals surface area contributed by atoms with Crippen LogP contribution in [0.5, 0.6) is 0 Å². The molecule has 15 heavy (non-hydrogen) atoms. The van der Waals surface area contributed by atoms with Crippen molar-refractivity contribution in [3.8, 4) is 0 Å². The van der Waals surface area contributed by atoms with E-state index in [9.17, 15) is 5.21 Å². The number of hydroxylamine groups is 2. The van der Waals surface area contributed by atoms with Gasteiger partial charge in [-0.2, -0.15) is 0 Å². The predicted octanol–water partition coefficient (Wildman–Crippen LogP) is 2.53. The van der Waals surface area contributed by atoms with E-state index in [-0.39, 0.29) is 0 Å². The highest BCUT2D eigenvalue weighted by Gasteiger charge is 2.15. The van der Waals surface area contributed by atoms with E-state index in [0.29, 0.717) is 5.06 Å². The van der Waals surface area contributed by atoms with Gasteiger partial charge in [0.25, 0.3) is 0 Å². The molecule has 1 saturated carbocycles. The van der Waals surface area contributed by atoms with Gasteiger partial charge in [-0.3, -0.25) is 0 Å². The third-order valence-corrected chi connectivity index (χ3v) is 3.55. The van der Waals surface area contributed by atoms with Gasteiger partial charge in [0.15, 0.2) is 0 Å². The van der Waals surface area contributed by atoms with E-state index in [1.807, 2.05) is 0 Å². The molecule has 0 spiro atoms. The molecule has 1 N–H and O–H groups in total. The Labute approximate surface area is 94.6 Å². The fourth-order valence-corrected chi connectivity index (χ4v) is 2.56. The molecule has 0 amide bonds. The number of nitrogens with one attached hydrogen (secondary N) is 1. The van der Waals surface area contributed by atoms with Crippen molar-refractivity contribution in [1.82, 2.24) is 0 Å². The second kappa shape index (κ2) is 8.12. The Morgan fingerprint density at radius 2 is 1.80 bits per heavy atom. The zero-order valence-electron chi connectivity index (χ0n) is 10.3. The van der Waals surface area contributed by atoms with Gasteiger partial charge in [-0.25, -0.2) is 0 Å². The molecule has 0 saturated heterocycles. The molecule has 1 aliphatic carbocycles. The maximum absolute atomic E-state index is 11.7. The summed E-state index contributed by atoms with van der Waals surface area (Å²) in [6, 6.07) is 0. The Morgan fingerprint density at radius 1 is 1.07 bits per heavy atom. The first-order valence-corrected chi connectivity index (χ1v) is 6.84. The van der Waals surface area contributed by atoms with E-state index < -0.39 is 0 Å². The second-order valence-corrected chi connectivity index (χ2v) is 5.06. The molecule has 0 aliphatic heterocycles. The van der Waals surface area contributed by atoms with E-state index in [4.69, 9.17) is 0 Å². The Morgan fingerprint density at radius 3 is 2.47 bits per heavy atom. The maximum atomic E-state index is 11.7. The number of rotatable bonds is 7. The van der Waals surface area contributed by atoms with Crippen LogP contribution in [0.1, 0.15) is 64.7 Å². The fraction of sp³-hybridized carbons (Fsp3) is 1.00. The van der Waals surface area contributed by atoms with Gasteiger partial charge in [0.05, 0.1) is 13.1 Å². The smallest absolute Gasteiger partial charge is 0.0796 e. The molecule has 0 radical (unpaired) electrons. The molecule has 2 nitrogen and oxygen atoms in total. The summed E-state index contributed by atoms with van der Waals surface area (Å²) in [7, 11) is 0. The molecule has 0 heterocycles. The molecule has 1 aliphatic rings. The lowest BCUT2D eigenvalue weighted by molar-refractivity contribution is -0.852. The largest absolute Gasteiger partial charge is 0.634 e. The SMILES string of the molecule is CCCCCC[NH+]([O-])CC1CCCCC1. The molecule has 1 fully saturated rings. The normalized spacial score (nSPS) is 20.4. The Bertz CT molecular complexity index is 143. The molecular formula is C13H27NO. The van der Waals surface area contributed by atoms with Crippen molar-refractivity contribution in [3.05, 3.63) is 5.21 Å². The van der Waals surface area contributed by atoms with Gasteiger partial charge in [0.1, 0.15) is 0 Å². The van der Waals surface area contributed by atoms with Crippen molar-refractivity contribution in [2.45, 2.75) is 64.7 Å². The number of hydrogen-bond acceptors (Lipinski definition) is 1. The Balaban J connectivity index is 1.98. The first kappa shape index (κ1) is 13.0. The third kappa shape index (κ3) is 6.16. The summed E-state index contributed by atoms with van der Waals surface area (Å²) in [6.07, 6.45) is 11.6. The van der Waals surface area contributed by atoms with Crippen LogP contribution in [0.4, 0.5) is 0 Å². The van der Waals surface area contributed by atoms with E-state index in [2.05, 4.69) is 6.92 Å². The lowest BCUT2D eigenvalue weighted by Crippen LogP contribution is -3.08. The van der Waals surface area contributed by atoms with Gasteiger partial charge >= 0.3 is 0 Å². The fourth-order valence-electron chi connectivity index (χ4n) is 2.56. The minimum Gasteiger partial charge on any atom is -0.634 e. The van der Waals surface area contributed by atoms with Gasteiger partial charge in [-0.05, 0) is 25.7 Å². The zero-order chi connectivity index (χ0) is 10.9. The van der Waals surface area contributed by atoms with Crippen molar-refractivity contribution in [1.29, 1.82) is 0 Å². The summed E-state index contributed by atoms with van der Waals surface area (Å²) < 4.78 is 0. The van der Waals surface area contributed by atoms with Crippen molar-refractivity contribution >= 4 is 0 Å². The van der Waals surface area contributed by atoms with Gasteiger partial charge in [0.2, 0.25) is 0 Å². The lowest BCUT2D eigenvalue weighted by Gasteiger charge is -2.29. The van der Waals surface area contributed by atoms with Crippen LogP contribution in [-0.2, 0) is 0 Å². The minimum absolute atomic E-state index is 0.526.